The molecule has 0 fully saturated rings. The van der Waals surface area contributed by atoms with Crippen molar-refractivity contribution in [1.29, 1.82) is 0 Å². The van der Waals surface area contributed by atoms with Gasteiger partial charge in [-0.3, -0.25) is 0 Å². The Bertz CT molecular complexity index is 788. The van der Waals surface area contributed by atoms with Gasteiger partial charge in [-0.1, -0.05) is 41.6 Å². The molecule has 0 unspecified atom stereocenters. The number of oxime groups is 1. The second-order valence-electron chi connectivity index (χ2n) is 7.09. The van der Waals surface area contributed by atoms with Crippen molar-refractivity contribution in [2.45, 2.75) is 46.5 Å². The molecule has 0 N–H and O–H groups in total. The summed E-state index contributed by atoms with van der Waals surface area (Å²) in [7, 11) is 1.55. The predicted molar refractivity (Wildman–Crippen MR) is 120 cm³/mol. The summed E-state index contributed by atoms with van der Waals surface area (Å²) < 4.78 is 11.8. The van der Waals surface area contributed by atoms with Crippen LogP contribution >= 0.6 is 0 Å². The largest absolute Gasteiger partial charge is 0.493 e. The van der Waals surface area contributed by atoms with Gasteiger partial charge < -0.3 is 14.3 Å². The Morgan fingerprint density at radius 3 is 2.48 bits per heavy atom. The van der Waals surface area contributed by atoms with E-state index in [0.717, 1.165) is 60.5 Å². The van der Waals surface area contributed by atoms with Crippen molar-refractivity contribution in [3.63, 3.8) is 0 Å². The molecule has 2 aromatic rings. The number of hydrogen-bond donors (Lipinski definition) is 0. The molecular formula is C25H33NO3. The summed E-state index contributed by atoms with van der Waals surface area (Å²) in [5.74, 6) is 1.87. The Hall–Kier alpha value is -2.75. The molecule has 4 heteroatoms. The van der Waals surface area contributed by atoms with Crippen LogP contribution in [0.4, 0.5) is 0 Å². The fourth-order valence-electron chi connectivity index (χ4n) is 3.19. The first-order chi connectivity index (χ1) is 14.1. The van der Waals surface area contributed by atoms with Crippen molar-refractivity contribution in [2.24, 2.45) is 5.16 Å². The maximum atomic E-state index is 6.06. The lowest BCUT2D eigenvalue weighted by atomic mass is 10.0. The molecule has 0 aliphatic heterocycles. The SMILES string of the molecule is C/C=C/COc1cc(C)c(OCCCCCc2cccc(C=NOC)c2)c(C)c1. The lowest BCUT2D eigenvalue weighted by Gasteiger charge is -2.14. The molecule has 0 aromatic heterocycles. The van der Waals surface area contributed by atoms with Gasteiger partial charge in [0.15, 0.2) is 0 Å². The summed E-state index contributed by atoms with van der Waals surface area (Å²) in [6, 6.07) is 12.5. The minimum atomic E-state index is 0.595. The first kappa shape index (κ1) is 22.5. The van der Waals surface area contributed by atoms with Crippen molar-refractivity contribution >= 4 is 6.21 Å². The van der Waals surface area contributed by atoms with Gasteiger partial charge in [-0.2, -0.15) is 0 Å². The Labute approximate surface area is 175 Å². The number of allylic oxidation sites excluding steroid dienone is 1. The van der Waals surface area contributed by atoms with Crippen LogP contribution in [0.1, 0.15) is 48.4 Å². The molecule has 0 aliphatic rings. The number of unbranched alkanes of at least 4 members (excludes halogenated alkanes) is 2. The zero-order valence-electron chi connectivity index (χ0n) is 18.1. The van der Waals surface area contributed by atoms with Crippen LogP contribution in [0, 0.1) is 13.8 Å². The highest BCUT2D eigenvalue weighted by atomic mass is 16.6. The first-order valence-electron chi connectivity index (χ1n) is 10.3. The molecule has 0 amide bonds. The molecule has 4 nitrogen and oxygen atoms in total. The van der Waals surface area contributed by atoms with Crippen molar-refractivity contribution in [3.05, 3.63) is 70.8 Å². The van der Waals surface area contributed by atoms with Gasteiger partial charge >= 0.3 is 0 Å². The van der Waals surface area contributed by atoms with Crippen molar-refractivity contribution < 1.29 is 14.3 Å². The highest BCUT2D eigenvalue weighted by Gasteiger charge is 2.07. The van der Waals surface area contributed by atoms with E-state index >= 15 is 0 Å². The third-order valence-corrected chi connectivity index (χ3v) is 4.63. The molecule has 0 saturated heterocycles. The van der Waals surface area contributed by atoms with Gasteiger partial charge in [-0.05, 0) is 80.8 Å². The molecule has 156 valence electrons. The van der Waals surface area contributed by atoms with Crippen LogP contribution in [0.2, 0.25) is 0 Å². The molecule has 0 bridgehead atoms. The van der Waals surface area contributed by atoms with Crippen LogP contribution in [-0.2, 0) is 11.3 Å². The Morgan fingerprint density at radius 2 is 1.76 bits per heavy atom. The molecule has 0 saturated carbocycles. The third kappa shape index (κ3) is 8.02. The van der Waals surface area contributed by atoms with Crippen LogP contribution in [0.25, 0.3) is 0 Å². The summed E-state index contributed by atoms with van der Waals surface area (Å²) >= 11 is 0. The van der Waals surface area contributed by atoms with Gasteiger partial charge in [0.2, 0.25) is 0 Å². The molecular weight excluding hydrogens is 362 g/mol. The zero-order chi connectivity index (χ0) is 20.9. The second kappa shape index (κ2) is 12.7. The fraction of sp³-hybridized carbons (Fsp3) is 0.400. The summed E-state index contributed by atoms with van der Waals surface area (Å²) in [4.78, 5) is 4.74. The minimum absolute atomic E-state index is 0.595. The monoisotopic (exact) mass is 395 g/mol. The lowest BCUT2D eigenvalue weighted by molar-refractivity contribution is 0.215. The number of ether oxygens (including phenoxy) is 2. The van der Waals surface area contributed by atoms with Gasteiger partial charge in [0.25, 0.3) is 0 Å². The van der Waals surface area contributed by atoms with Crippen molar-refractivity contribution in [2.75, 3.05) is 20.3 Å². The van der Waals surface area contributed by atoms with Gasteiger partial charge in [0.1, 0.15) is 25.2 Å². The Morgan fingerprint density at radius 1 is 0.966 bits per heavy atom. The van der Waals surface area contributed by atoms with E-state index in [1.165, 1.54) is 5.56 Å². The van der Waals surface area contributed by atoms with E-state index in [1.807, 2.05) is 37.3 Å². The van der Waals surface area contributed by atoms with Crippen LogP contribution in [0.5, 0.6) is 11.5 Å². The zero-order valence-corrected chi connectivity index (χ0v) is 18.1. The van der Waals surface area contributed by atoms with Gasteiger partial charge in [-0.15, -0.1) is 0 Å². The Kier molecular flexibility index (Phi) is 9.84. The van der Waals surface area contributed by atoms with Gasteiger partial charge in [0.05, 0.1) is 12.8 Å². The summed E-state index contributed by atoms with van der Waals surface area (Å²) in [5.41, 5.74) is 4.63. The number of aryl methyl sites for hydroxylation is 3. The fourth-order valence-corrected chi connectivity index (χ4v) is 3.19. The predicted octanol–water partition coefficient (Wildman–Crippen LogP) is 6.03. The molecule has 0 spiro atoms. The van der Waals surface area contributed by atoms with Gasteiger partial charge in [0, 0.05) is 0 Å². The lowest BCUT2D eigenvalue weighted by Crippen LogP contribution is -2.02. The molecule has 2 rings (SSSR count). The topological polar surface area (TPSA) is 40.0 Å². The van der Waals surface area contributed by atoms with E-state index in [1.54, 1.807) is 13.3 Å². The summed E-state index contributed by atoms with van der Waals surface area (Å²) in [6.07, 6.45) is 10.1. The summed E-state index contributed by atoms with van der Waals surface area (Å²) in [5, 5.41) is 3.82. The van der Waals surface area contributed by atoms with Gasteiger partial charge in [-0.25, -0.2) is 0 Å². The number of benzene rings is 2. The van der Waals surface area contributed by atoms with E-state index in [4.69, 9.17) is 14.3 Å². The van der Waals surface area contributed by atoms with E-state index in [-0.39, 0.29) is 0 Å². The smallest absolute Gasteiger partial charge is 0.125 e. The highest BCUT2D eigenvalue weighted by molar-refractivity contribution is 5.79. The molecule has 0 radical (unpaired) electrons. The molecule has 0 heterocycles. The standard InChI is InChI=1S/C25H33NO3/c1-5-6-14-28-24-16-20(2)25(21(3)17-24)29-15-9-7-8-11-22-12-10-13-23(18-22)19-26-27-4/h5-6,10,12-13,16-19H,7-9,11,14-15H2,1-4H3/b6-5+,26-19?. The normalized spacial score (nSPS) is 11.3. The molecule has 0 atom stereocenters. The maximum Gasteiger partial charge on any atom is 0.125 e. The van der Waals surface area contributed by atoms with Crippen LogP contribution in [0.15, 0.2) is 53.7 Å². The maximum absolute atomic E-state index is 6.06. The second-order valence-corrected chi connectivity index (χ2v) is 7.09. The Balaban J connectivity index is 1.73. The average Bonchev–Trinajstić information content (AvgIpc) is 2.71. The van der Waals surface area contributed by atoms with E-state index in [2.05, 4.69) is 37.2 Å². The van der Waals surface area contributed by atoms with E-state index in [0.29, 0.717) is 6.61 Å². The first-order valence-corrected chi connectivity index (χ1v) is 10.3. The molecule has 2 aromatic carbocycles. The highest BCUT2D eigenvalue weighted by Crippen LogP contribution is 2.28. The molecule has 0 aliphatic carbocycles. The van der Waals surface area contributed by atoms with Crippen LogP contribution < -0.4 is 9.47 Å². The van der Waals surface area contributed by atoms with E-state index < -0.39 is 0 Å². The minimum Gasteiger partial charge on any atom is -0.493 e. The van der Waals surface area contributed by atoms with Crippen molar-refractivity contribution in [3.8, 4) is 11.5 Å². The molecule has 29 heavy (non-hydrogen) atoms. The third-order valence-electron chi connectivity index (χ3n) is 4.63. The van der Waals surface area contributed by atoms with E-state index in [9.17, 15) is 0 Å². The average molecular weight is 396 g/mol. The van der Waals surface area contributed by atoms with Crippen LogP contribution in [-0.4, -0.2) is 26.5 Å². The quantitative estimate of drug-likeness (QED) is 0.191. The van der Waals surface area contributed by atoms with Crippen LogP contribution in [0.3, 0.4) is 0 Å². The van der Waals surface area contributed by atoms with Crippen molar-refractivity contribution in [1.82, 2.24) is 0 Å². The summed E-state index contributed by atoms with van der Waals surface area (Å²) in [6.45, 7) is 7.47. The number of nitrogens with zero attached hydrogens (tertiary/aromatic N) is 1. The number of hydrogen-bond acceptors (Lipinski definition) is 4. The number of rotatable bonds is 12.